The number of benzene rings is 1. The van der Waals surface area contributed by atoms with E-state index in [1.807, 2.05) is 17.0 Å². The van der Waals surface area contributed by atoms with Gasteiger partial charge in [0.15, 0.2) is 0 Å². The highest BCUT2D eigenvalue weighted by molar-refractivity contribution is 6.42. The highest BCUT2D eigenvalue weighted by Crippen LogP contribution is 2.40. The molecule has 0 radical (unpaired) electrons. The quantitative estimate of drug-likeness (QED) is 0.511. The van der Waals surface area contributed by atoms with Crippen LogP contribution in [0, 0.1) is 5.92 Å². The summed E-state index contributed by atoms with van der Waals surface area (Å²) in [6.07, 6.45) is -1.33. The molecule has 5 rings (SSSR count). The van der Waals surface area contributed by atoms with Crippen molar-refractivity contribution in [3.05, 3.63) is 27.9 Å². The Labute approximate surface area is 188 Å². The van der Waals surface area contributed by atoms with Crippen LogP contribution in [-0.2, 0) is 11.8 Å². The lowest BCUT2D eigenvalue weighted by Crippen LogP contribution is -2.70. The number of nitrogens with one attached hydrogen (secondary N) is 3. The summed E-state index contributed by atoms with van der Waals surface area (Å²) in [6.45, 7) is 0.805. The fraction of sp³-hybridized carbons (Fsp3) is 0.579. The Hall–Kier alpha value is -1.53. The molecular weight excluding hydrogens is 446 g/mol. The van der Waals surface area contributed by atoms with Crippen molar-refractivity contribution in [1.29, 1.82) is 0 Å². The maximum atomic E-state index is 14.2. The fourth-order valence-electron chi connectivity index (χ4n) is 4.87. The average molecular weight is 471 g/mol. The zero-order valence-electron chi connectivity index (χ0n) is 17.1. The van der Waals surface area contributed by atoms with Crippen molar-refractivity contribution in [2.24, 2.45) is 18.7 Å². The number of nitrogens with two attached hydrogens (primary N) is 1. The summed E-state index contributed by atoms with van der Waals surface area (Å²) in [5, 5.41) is 9.37. The zero-order valence-corrected chi connectivity index (χ0v) is 18.7. The van der Waals surface area contributed by atoms with E-state index < -0.39 is 24.4 Å². The molecule has 4 heterocycles. The van der Waals surface area contributed by atoms with Crippen LogP contribution in [0.15, 0.2) is 12.1 Å². The Morgan fingerprint density at radius 1 is 1.26 bits per heavy atom. The van der Waals surface area contributed by atoms with Gasteiger partial charge in [-0.15, -0.1) is 0 Å². The lowest BCUT2D eigenvalue weighted by molar-refractivity contribution is -0.151. The number of halogens is 3. The Bertz CT molecular complexity index is 1030. The minimum Gasteiger partial charge on any atom is -0.325 e. The lowest BCUT2D eigenvalue weighted by atomic mass is 9.89. The molecule has 3 aliphatic rings. The number of carbonyl (C=O) groups is 1. The number of hydrazine groups is 1. The molecule has 6 atom stereocenters. The van der Waals surface area contributed by atoms with E-state index in [0.717, 1.165) is 5.56 Å². The van der Waals surface area contributed by atoms with Crippen LogP contribution in [-0.4, -0.2) is 70.3 Å². The third kappa shape index (κ3) is 3.32. The minimum atomic E-state index is -1.12. The van der Waals surface area contributed by atoms with Crippen molar-refractivity contribution in [2.75, 3.05) is 20.1 Å². The lowest BCUT2D eigenvalue weighted by Gasteiger charge is -2.47. The van der Waals surface area contributed by atoms with E-state index >= 15 is 0 Å². The van der Waals surface area contributed by atoms with Gasteiger partial charge in [-0.2, -0.15) is 5.10 Å². The van der Waals surface area contributed by atoms with E-state index in [1.165, 1.54) is 0 Å². The number of hydrogen-bond acceptors (Lipinski definition) is 7. The number of rotatable bonds is 2. The van der Waals surface area contributed by atoms with Crippen molar-refractivity contribution in [2.45, 2.75) is 37.1 Å². The van der Waals surface area contributed by atoms with E-state index in [4.69, 9.17) is 28.9 Å². The van der Waals surface area contributed by atoms with Crippen molar-refractivity contribution >= 4 is 40.0 Å². The first-order valence-electron chi connectivity index (χ1n) is 10.3. The first-order valence-corrected chi connectivity index (χ1v) is 11.0. The standard InChI is InChI=1S/C19H25Cl2FN8O/c1-28-18(31)13-15(8-3-4-11-12(14(8)20)16(21)29(2)27-11)25-26-17(13)24-19(28)30-6-5-10(23)9(22)7-30/h3-4,9-10,13,15,17,19,24-26H,5-7,23H2,1-2H3/t9-,10+,13?,15?,17?,19?/m1/s1. The van der Waals surface area contributed by atoms with E-state index in [1.54, 1.807) is 23.7 Å². The van der Waals surface area contributed by atoms with Crippen LogP contribution >= 0.6 is 23.2 Å². The number of aromatic nitrogens is 2. The molecule has 12 heteroatoms. The number of fused-ring (bicyclic) bond motifs is 2. The van der Waals surface area contributed by atoms with Crippen LogP contribution in [0.2, 0.25) is 10.2 Å². The largest absolute Gasteiger partial charge is 0.325 e. The van der Waals surface area contributed by atoms with E-state index in [9.17, 15) is 9.18 Å². The Kier molecular flexibility index (Phi) is 5.37. The maximum absolute atomic E-state index is 14.2. The molecule has 0 bridgehead atoms. The smallest absolute Gasteiger partial charge is 0.232 e. The summed E-state index contributed by atoms with van der Waals surface area (Å²) in [6, 6.07) is 2.89. The van der Waals surface area contributed by atoms with E-state index in [-0.39, 0.29) is 24.7 Å². The molecule has 2 aromatic rings. The monoisotopic (exact) mass is 470 g/mol. The predicted molar refractivity (Wildman–Crippen MR) is 116 cm³/mol. The summed E-state index contributed by atoms with van der Waals surface area (Å²) in [7, 11) is 3.49. The van der Waals surface area contributed by atoms with Crippen molar-refractivity contribution in [1.82, 2.24) is 35.7 Å². The van der Waals surface area contributed by atoms with Crippen molar-refractivity contribution < 1.29 is 9.18 Å². The first-order chi connectivity index (χ1) is 14.8. The van der Waals surface area contributed by atoms with Gasteiger partial charge in [-0.25, -0.2) is 15.2 Å². The van der Waals surface area contributed by atoms with Gasteiger partial charge < -0.3 is 10.6 Å². The number of hydrogen-bond donors (Lipinski definition) is 4. The molecule has 3 aliphatic heterocycles. The summed E-state index contributed by atoms with van der Waals surface area (Å²) < 4.78 is 15.8. The number of nitrogens with zero attached hydrogens (tertiary/aromatic N) is 4. The van der Waals surface area contributed by atoms with Crippen LogP contribution in [0.25, 0.3) is 10.9 Å². The molecule has 0 saturated carbocycles. The van der Waals surface area contributed by atoms with Gasteiger partial charge in [0.2, 0.25) is 5.91 Å². The third-order valence-corrected chi connectivity index (χ3v) is 7.48. The highest BCUT2D eigenvalue weighted by atomic mass is 35.5. The van der Waals surface area contributed by atoms with Crippen LogP contribution in [0.4, 0.5) is 4.39 Å². The normalized spacial score (nSPS) is 34.5. The van der Waals surface area contributed by atoms with Gasteiger partial charge in [-0.05, 0) is 18.1 Å². The molecular formula is C19H25Cl2FN8O. The summed E-state index contributed by atoms with van der Waals surface area (Å²) in [5.74, 6) is -0.505. The molecule has 4 unspecified atom stereocenters. The molecule has 31 heavy (non-hydrogen) atoms. The molecule has 0 aliphatic carbocycles. The molecule has 0 spiro atoms. The van der Waals surface area contributed by atoms with Crippen LogP contribution in [0.3, 0.4) is 0 Å². The number of piperidine rings is 1. The van der Waals surface area contributed by atoms with Gasteiger partial charge in [0.05, 0.1) is 34.1 Å². The Balaban J connectivity index is 1.43. The Morgan fingerprint density at radius 3 is 2.77 bits per heavy atom. The second-order valence-corrected chi connectivity index (χ2v) is 9.24. The second-order valence-electron chi connectivity index (χ2n) is 8.50. The van der Waals surface area contributed by atoms with Crippen molar-refractivity contribution in [3.63, 3.8) is 0 Å². The van der Waals surface area contributed by atoms with Gasteiger partial charge >= 0.3 is 0 Å². The summed E-state index contributed by atoms with van der Waals surface area (Å²) in [4.78, 5) is 17.0. The number of alkyl halides is 1. The molecule has 1 amide bonds. The van der Waals surface area contributed by atoms with Gasteiger partial charge in [0, 0.05) is 33.2 Å². The number of aryl methyl sites for hydroxylation is 1. The zero-order chi connectivity index (χ0) is 22.0. The summed E-state index contributed by atoms with van der Waals surface area (Å²) >= 11 is 13.1. The van der Waals surface area contributed by atoms with Crippen LogP contribution in [0.5, 0.6) is 0 Å². The topological polar surface area (TPSA) is 103 Å². The molecule has 168 valence electrons. The maximum Gasteiger partial charge on any atom is 0.232 e. The highest BCUT2D eigenvalue weighted by Gasteiger charge is 2.50. The van der Waals surface area contributed by atoms with E-state index in [2.05, 4.69) is 21.3 Å². The molecule has 9 nitrogen and oxygen atoms in total. The SMILES string of the molecule is CN1C(=O)C2C(NNC2c2ccc3nn(C)c(Cl)c3c2Cl)NC1N1CC[C@H](N)[C@H](F)C1. The van der Waals surface area contributed by atoms with Gasteiger partial charge in [-0.3, -0.25) is 19.7 Å². The van der Waals surface area contributed by atoms with Crippen LogP contribution < -0.4 is 21.9 Å². The second kappa shape index (κ2) is 7.80. The minimum absolute atomic E-state index is 0.0602. The molecule has 1 aromatic heterocycles. The number of amides is 1. The average Bonchev–Trinajstić information content (AvgIpc) is 3.28. The predicted octanol–water partition coefficient (Wildman–Crippen LogP) is 0.688. The van der Waals surface area contributed by atoms with E-state index in [0.29, 0.717) is 34.0 Å². The van der Waals surface area contributed by atoms with Crippen LogP contribution in [0.1, 0.15) is 18.0 Å². The molecule has 3 fully saturated rings. The van der Waals surface area contributed by atoms with Gasteiger partial charge in [0.25, 0.3) is 0 Å². The number of carbonyl (C=O) groups excluding carboxylic acids is 1. The fourth-order valence-corrected chi connectivity index (χ4v) is 5.51. The molecule has 1 aromatic carbocycles. The third-order valence-electron chi connectivity index (χ3n) is 6.64. The Morgan fingerprint density at radius 2 is 2.03 bits per heavy atom. The van der Waals surface area contributed by atoms with Gasteiger partial charge in [-0.1, -0.05) is 29.3 Å². The van der Waals surface area contributed by atoms with Crippen molar-refractivity contribution in [3.8, 4) is 0 Å². The molecule has 5 N–H and O–H groups in total. The number of likely N-dealkylation sites (tertiary alicyclic amines) is 1. The summed E-state index contributed by atoms with van der Waals surface area (Å²) in [5.41, 5.74) is 13.7. The van der Waals surface area contributed by atoms with Gasteiger partial charge in [0.1, 0.15) is 17.6 Å². The first kappa shape index (κ1) is 21.3. The molecule has 3 saturated heterocycles.